The van der Waals surface area contributed by atoms with Gasteiger partial charge in [-0.1, -0.05) is 29.8 Å². The summed E-state index contributed by atoms with van der Waals surface area (Å²) in [5.74, 6) is 0.229. The van der Waals surface area contributed by atoms with Crippen LogP contribution in [-0.4, -0.2) is 5.11 Å². The SMILES string of the molecule is Cc1ccc(-c2c(N)cccc2O)c(C)c1. The number of benzene rings is 2. The smallest absolute Gasteiger partial charge is 0.125 e. The average molecular weight is 213 g/mol. The fraction of sp³-hybridized carbons (Fsp3) is 0.143. The van der Waals surface area contributed by atoms with Gasteiger partial charge in [0.1, 0.15) is 5.75 Å². The van der Waals surface area contributed by atoms with E-state index in [1.165, 1.54) is 5.56 Å². The van der Waals surface area contributed by atoms with Crippen LogP contribution >= 0.6 is 0 Å². The van der Waals surface area contributed by atoms with Crippen LogP contribution in [0, 0.1) is 13.8 Å². The fourth-order valence-corrected chi connectivity index (χ4v) is 1.95. The van der Waals surface area contributed by atoms with E-state index in [0.29, 0.717) is 5.69 Å². The summed E-state index contributed by atoms with van der Waals surface area (Å²) >= 11 is 0. The number of anilines is 1. The lowest BCUT2D eigenvalue weighted by Gasteiger charge is -2.11. The standard InChI is InChI=1S/C14H15NO/c1-9-6-7-11(10(2)8-9)14-12(15)4-3-5-13(14)16/h3-8,16H,15H2,1-2H3. The molecule has 2 aromatic carbocycles. The van der Waals surface area contributed by atoms with Gasteiger partial charge in [0, 0.05) is 11.3 Å². The Morgan fingerprint density at radius 2 is 1.81 bits per heavy atom. The number of nitrogens with two attached hydrogens (primary N) is 1. The predicted octanol–water partition coefficient (Wildman–Crippen LogP) is 3.26. The first-order valence-electron chi connectivity index (χ1n) is 5.24. The molecule has 0 bridgehead atoms. The van der Waals surface area contributed by atoms with Crippen molar-refractivity contribution >= 4 is 5.69 Å². The molecular formula is C14H15NO. The lowest BCUT2D eigenvalue weighted by atomic mass is 9.97. The molecule has 0 atom stereocenters. The van der Waals surface area contributed by atoms with E-state index in [0.717, 1.165) is 16.7 Å². The normalized spacial score (nSPS) is 10.4. The van der Waals surface area contributed by atoms with Crippen LogP contribution < -0.4 is 5.73 Å². The van der Waals surface area contributed by atoms with Crippen molar-refractivity contribution in [1.29, 1.82) is 0 Å². The van der Waals surface area contributed by atoms with Crippen molar-refractivity contribution in [2.45, 2.75) is 13.8 Å². The van der Waals surface area contributed by atoms with Gasteiger partial charge in [0.2, 0.25) is 0 Å². The van der Waals surface area contributed by atoms with E-state index in [1.54, 1.807) is 18.2 Å². The number of phenolic OH excluding ortho intramolecular Hbond substituents is 1. The zero-order valence-corrected chi connectivity index (χ0v) is 9.49. The molecule has 16 heavy (non-hydrogen) atoms. The summed E-state index contributed by atoms with van der Waals surface area (Å²) in [4.78, 5) is 0. The number of hydrogen-bond donors (Lipinski definition) is 2. The Balaban J connectivity index is 2.68. The Morgan fingerprint density at radius 3 is 2.44 bits per heavy atom. The first kappa shape index (κ1) is 10.6. The van der Waals surface area contributed by atoms with Crippen LogP contribution in [0.2, 0.25) is 0 Å². The number of phenols is 1. The van der Waals surface area contributed by atoms with E-state index in [-0.39, 0.29) is 5.75 Å². The number of rotatable bonds is 1. The minimum absolute atomic E-state index is 0.229. The molecule has 0 unspecified atom stereocenters. The number of aryl methyl sites for hydroxylation is 2. The minimum Gasteiger partial charge on any atom is -0.507 e. The Labute approximate surface area is 95.4 Å². The first-order chi connectivity index (χ1) is 7.59. The molecule has 0 aliphatic rings. The summed E-state index contributed by atoms with van der Waals surface area (Å²) in [6, 6.07) is 11.3. The molecule has 0 saturated carbocycles. The van der Waals surface area contributed by atoms with E-state index in [2.05, 4.69) is 6.07 Å². The summed E-state index contributed by atoms with van der Waals surface area (Å²) in [6.45, 7) is 4.07. The highest BCUT2D eigenvalue weighted by atomic mass is 16.3. The molecule has 0 saturated heterocycles. The number of nitrogen functional groups attached to an aromatic ring is 1. The zero-order valence-electron chi connectivity index (χ0n) is 9.49. The second-order valence-corrected chi connectivity index (χ2v) is 4.06. The van der Waals surface area contributed by atoms with Gasteiger partial charge in [-0.25, -0.2) is 0 Å². The molecule has 0 amide bonds. The highest BCUT2D eigenvalue weighted by Crippen LogP contribution is 2.36. The van der Waals surface area contributed by atoms with Gasteiger partial charge in [-0.15, -0.1) is 0 Å². The largest absolute Gasteiger partial charge is 0.507 e. The molecule has 2 rings (SSSR count). The minimum atomic E-state index is 0.229. The maximum Gasteiger partial charge on any atom is 0.125 e. The molecule has 2 aromatic rings. The van der Waals surface area contributed by atoms with Crippen molar-refractivity contribution in [2.24, 2.45) is 0 Å². The van der Waals surface area contributed by atoms with Crippen LogP contribution in [0.15, 0.2) is 36.4 Å². The molecule has 0 spiro atoms. The molecule has 82 valence electrons. The number of hydrogen-bond acceptors (Lipinski definition) is 2. The summed E-state index contributed by atoms with van der Waals surface area (Å²) in [6.07, 6.45) is 0. The first-order valence-corrected chi connectivity index (χ1v) is 5.24. The second kappa shape index (κ2) is 3.89. The highest BCUT2D eigenvalue weighted by molar-refractivity contribution is 5.83. The van der Waals surface area contributed by atoms with Gasteiger partial charge in [-0.05, 0) is 37.1 Å². The Kier molecular flexibility index (Phi) is 2.57. The lowest BCUT2D eigenvalue weighted by Crippen LogP contribution is -1.92. The predicted molar refractivity (Wildman–Crippen MR) is 67.4 cm³/mol. The van der Waals surface area contributed by atoms with E-state index in [9.17, 15) is 5.11 Å². The van der Waals surface area contributed by atoms with Crippen molar-refractivity contribution in [1.82, 2.24) is 0 Å². The third-order valence-electron chi connectivity index (χ3n) is 2.73. The van der Waals surface area contributed by atoms with Gasteiger partial charge < -0.3 is 10.8 Å². The van der Waals surface area contributed by atoms with E-state index >= 15 is 0 Å². The summed E-state index contributed by atoms with van der Waals surface area (Å²) < 4.78 is 0. The van der Waals surface area contributed by atoms with Gasteiger partial charge in [0.05, 0.1) is 0 Å². The molecule has 0 heterocycles. The van der Waals surface area contributed by atoms with Gasteiger partial charge in [0.15, 0.2) is 0 Å². The lowest BCUT2D eigenvalue weighted by molar-refractivity contribution is 0.477. The third kappa shape index (κ3) is 1.74. The summed E-state index contributed by atoms with van der Waals surface area (Å²) in [5, 5.41) is 9.86. The fourth-order valence-electron chi connectivity index (χ4n) is 1.95. The average Bonchev–Trinajstić information content (AvgIpc) is 2.20. The van der Waals surface area contributed by atoms with Crippen molar-refractivity contribution in [3.8, 4) is 16.9 Å². The van der Waals surface area contributed by atoms with Gasteiger partial charge in [-0.3, -0.25) is 0 Å². The van der Waals surface area contributed by atoms with Crippen molar-refractivity contribution < 1.29 is 5.11 Å². The zero-order chi connectivity index (χ0) is 11.7. The Bertz CT molecular complexity index is 512. The maximum absolute atomic E-state index is 9.86. The second-order valence-electron chi connectivity index (χ2n) is 4.06. The Morgan fingerprint density at radius 1 is 1.06 bits per heavy atom. The maximum atomic E-state index is 9.86. The van der Waals surface area contributed by atoms with Crippen molar-refractivity contribution in [3.63, 3.8) is 0 Å². The van der Waals surface area contributed by atoms with Gasteiger partial charge >= 0.3 is 0 Å². The van der Waals surface area contributed by atoms with Crippen LogP contribution in [0.5, 0.6) is 5.75 Å². The van der Waals surface area contributed by atoms with Crippen molar-refractivity contribution in [3.05, 3.63) is 47.5 Å². The molecule has 3 N–H and O–H groups in total. The molecule has 0 aliphatic heterocycles. The molecule has 0 aliphatic carbocycles. The van der Waals surface area contributed by atoms with E-state index in [1.807, 2.05) is 26.0 Å². The quantitative estimate of drug-likeness (QED) is 0.714. The summed E-state index contributed by atoms with van der Waals surface area (Å²) in [5.41, 5.74) is 10.5. The molecule has 0 fully saturated rings. The van der Waals surface area contributed by atoms with Crippen LogP contribution in [0.3, 0.4) is 0 Å². The highest BCUT2D eigenvalue weighted by Gasteiger charge is 2.10. The van der Waals surface area contributed by atoms with E-state index in [4.69, 9.17) is 5.73 Å². The van der Waals surface area contributed by atoms with Crippen LogP contribution in [-0.2, 0) is 0 Å². The molecule has 2 heteroatoms. The van der Waals surface area contributed by atoms with Gasteiger partial charge in [0.25, 0.3) is 0 Å². The number of aromatic hydroxyl groups is 1. The molecular weight excluding hydrogens is 198 g/mol. The third-order valence-corrected chi connectivity index (χ3v) is 2.73. The van der Waals surface area contributed by atoms with Crippen LogP contribution in [0.25, 0.3) is 11.1 Å². The monoisotopic (exact) mass is 213 g/mol. The molecule has 2 nitrogen and oxygen atoms in total. The van der Waals surface area contributed by atoms with E-state index < -0.39 is 0 Å². The van der Waals surface area contributed by atoms with Crippen LogP contribution in [0.4, 0.5) is 5.69 Å². The topological polar surface area (TPSA) is 46.2 Å². The van der Waals surface area contributed by atoms with Crippen molar-refractivity contribution in [2.75, 3.05) is 5.73 Å². The molecule has 0 radical (unpaired) electrons. The Hall–Kier alpha value is -1.96. The molecule has 0 aromatic heterocycles. The van der Waals surface area contributed by atoms with Gasteiger partial charge in [-0.2, -0.15) is 0 Å². The van der Waals surface area contributed by atoms with Crippen LogP contribution in [0.1, 0.15) is 11.1 Å². The summed E-state index contributed by atoms with van der Waals surface area (Å²) in [7, 11) is 0.